The lowest BCUT2D eigenvalue weighted by molar-refractivity contribution is 0.00629. The van der Waals surface area contributed by atoms with E-state index in [0.29, 0.717) is 19.7 Å². The van der Waals surface area contributed by atoms with Gasteiger partial charge in [0.15, 0.2) is 0 Å². The molecule has 0 fully saturated rings. The maximum absolute atomic E-state index is 13.0. The zero-order valence-electron chi connectivity index (χ0n) is 10.6. The van der Waals surface area contributed by atoms with E-state index < -0.39 is 6.10 Å². The van der Waals surface area contributed by atoms with Gasteiger partial charge in [-0.05, 0) is 37.6 Å². The molecule has 1 aromatic rings. The third kappa shape index (κ3) is 5.91. The summed E-state index contributed by atoms with van der Waals surface area (Å²) in [5, 5.41) is 12.7. The van der Waals surface area contributed by atoms with Crippen molar-refractivity contribution in [3.05, 3.63) is 34.1 Å². The summed E-state index contributed by atoms with van der Waals surface area (Å²) in [5.41, 5.74) is 0.826. The van der Waals surface area contributed by atoms with E-state index in [0.717, 1.165) is 10.0 Å². The number of hydrogen-bond donors (Lipinski definition) is 2. The zero-order valence-corrected chi connectivity index (χ0v) is 12.2. The van der Waals surface area contributed by atoms with Crippen molar-refractivity contribution >= 4 is 15.9 Å². The minimum Gasteiger partial charge on any atom is -0.389 e. The molecule has 0 aliphatic carbocycles. The van der Waals surface area contributed by atoms with E-state index in [-0.39, 0.29) is 11.9 Å². The summed E-state index contributed by atoms with van der Waals surface area (Å²) in [6, 6.07) is 4.54. The van der Waals surface area contributed by atoms with Gasteiger partial charge in [-0.3, -0.25) is 0 Å². The fourth-order valence-corrected chi connectivity index (χ4v) is 1.80. The predicted molar refractivity (Wildman–Crippen MR) is 72.9 cm³/mol. The molecule has 0 aliphatic heterocycles. The number of ether oxygens (including phenoxy) is 1. The molecule has 5 heteroatoms. The van der Waals surface area contributed by atoms with Gasteiger partial charge in [-0.1, -0.05) is 15.9 Å². The van der Waals surface area contributed by atoms with Crippen LogP contribution < -0.4 is 5.32 Å². The molecule has 0 spiro atoms. The van der Waals surface area contributed by atoms with E-state index in [1.54, 1.807) is 6.07 Å². The Bertz CT molecular complexity index is 374. The molecule has 0 aliphatic rings. The Balaban J connectivity index is 2.30. The maximum atomic E-state index is 13.0. The molecule has 0 heterocycles. The van der Waals surface area contributed by atoms with Gasteiger partial charge in [0.05, 0.1) is 18.8 Å². The highest BCUT2D eigenvalue weighted by Gasteiger charge is 2.06. The first kappa shape index (κ1) is 15.6. The molecule has 0 aromatic heterocycles. The molecule has 0 saturated heterocycles. The standard InChI is InChI=1S/C13H19BrFNO2/c1-9(2)18-8-12(17)7-16-6-10-5-11(15)3-4-13(10)14/h3-5,9,12,16-17H,6-8H2,1-2H3. The first-order valence-electron chi connectivity index (χ1n) is 5.93. The smallest absolute Gasteiger partial charge is 0.123 e. The van der Waals surface area contributed by atoms with Crippen molar-refractivity contribution in [3.63, 3.8) is 0 Å². The van der Waals surface area contributed by atoms with Crippen LogP contribution in [0.3, 0.4) is 0 Å². The molecular weight excluding hydrogens is 301 g/mol. The molecule has 18 heavy (non-hydrogen) atoms. The number of aliphatic hydroxyl groups excluding tert-OH is 1. The second kappa shape index (κ2) is 7.84. The lowest BCUT2D eigenvalue weighted by Gasteiger charge is -2.14. The Morgan fingerprint density at radius 1 is 1.44 bits per heavy atom. The third-order valence-corrected chi connectivity index (χ3v) is 3.10. The van der Waals surface area contributed by atoms with Gasteiger partial charge in [0, 0.05) is 17.6 Å². The molecule has 0 bridgehead atoms. The number of hydrogen-bond acceptors (Lipinski definition) is 3. The van der Waals surface area contributed by atoms with E-state index >= 15 is 0 Å². The second-order valence-corrected chi connectivity index (χ2v) is 5.26. The Hall–Kier alpha value is -0.490. The Morgan fingerprint density at radius 2 is 2.17 bits per heavy atom. The van der Waals surface area contributed by atoms with Gasteiger partial charge in [0.25, 0.3) is 0 Å². The van der Waals surface area contributed by atoms with E-state index in [4.69, 9.17) is 4.74 Å². The average molecular weight is 320 g/mol. The van der Waals surface area contributed by atoms with Crippen LogP contribution in [-0.4, -0.2) is 30.5 Å². The summed E-state index contributed by atoms with van der Waals surface area (Å²) in [6.45, 7) is 5.05. The molecule has 3 nitrogen and oxygen atoms in total. The minimum absolute atomic E-state index is 0.108. The molecular formula is C13H19BrFNO2. The summed E-state index contributed by atoms with van der Waals surface area (Å²) >= 11 is 3.35. The molecule has 0 saturated carbocycles. The van der Waals surface area contributed by atoms with Gasteiger partial charge < -0.3 is 15.2 Å². The largest absolute Gasteiger partial charge is 0.389 e. The molecule has 0 radical (unpaired) electrons. The van der Waals surface area contributed by atoms with Gasteiger partial charge in [-0.25, -0.2) is 4.39 Å². The molecule has 0 amide bonds. The fourth-order valence-electron chi connectivity index (χ4n) is 1.41. The van der Waals surface area contributed by atoms with E-state index in [1.165, 1.54) is 12.1 Å². The number of benzene rings is 1. The van der Waals surface area contributed by atoms with Crippen molar-refractivity contribution in [3.8, 4) is 0 Å². The normalized spacial score (nSPS) is 13.0. The first-order valence-corrected chi connectivity index (χ1v) is 6.72. The van der Waals surface area contributed by atoms with Crippen molar-refractivity contribution in [2.75, 3.05) is 13.2 Å². The lowest BCUT2D eigenvalue weighted by Crippen LogP contribution is -2.31. The topological polar surface area (TPSA) is 41.5 Å². The number of nitrogens with one attached hydrogen (secondary N) is 1. The van der Waals surface area contributed by atoms with E-state index in [2.05, 4.69) is 21.2 Å². The van der Waals surface area contributed by atoms with Crippen molar-refractivity contribution < 1.29 is 14.2 Å². The van der Waals surface area contributed by atoms with Crippen molar-refractivity contribution in [1.29, 1.82) is 0 Å². The van der Waals surface area contributed by atoms with Crippen LogP contribution >= 0.6 is 15.9 Å². The van der Waals surface area contributed by atoms with Crippen LogP contribution in [0.5, 0.6) is 0 Å². The summed E-state index contributed by atoms with van der Waals surface area (Å²) in [6.07, 6.45) is -0.447. The molecule has 1 unspecified atom stereocenters. The highest BCUT2D eigenvalue weighted by atomic mass is 79.9. The highest BCUT2D eigenvalue weighted by Crippen LogP contribution is 2.17. The van der Waals surface area contributed by atoms with Crippen molar-refractivity contribution in [2.24, 2.45) is 0 Å². The van der Waals surface area contributed by atoms with Crippen LogP contribution in [0, 0.1) is 5.82 Å². The van der Waals surface area contributed by atoms with Crippen molar-refractivity contribution in [1.82, 2.24) is 5.32 Å². The Labute approximate surface area is 115 Å². The van der Waals surface area contributed by atoms with Crippen molar-refractivity contribution in [2.45, 2.75) is 32.6 Å². The SMILES string of the molecule is CC(C)OCC(O)CNCc1cc(F)ccc1Br. The predicted octanol–water partition coefficient (Wildman–Crippen LogP) is 2.46. The van der Waals surface area contributed by atoms with Gasteiger partial charge in [0.1, 0.15) is 5.82 Å². The highest BCUT2D eigenvalue weighted by molar-refractivity contribution is 9.10. The molecule has 102 valence electrons. The lowest BCUT2D eigenvalue weighted by atomic mass is 10.2. The molecule has 2 N–H and O–H groups in total. The maximum Gasteiger partial charge on any atom is 0.123 e. The molecule has 1 aromatic carbocycles. The molecule has 1 atom stereocenters. The van der Waals surface area contributed by atoms with Gasteiger partial charge in [-0.15, -0.1) is 0 Å². The zero-order chi connectivity index (χ0) is 13.5. The monoisotopic (exact) mass is 319 g/mol. The van der Waals surface area contributed by atoms with Crippen LogP contribution in [0.25, 0.3) is 0 Å². The van der Waals surface area contributed by atoms with Crippen LogP contribution in [0.4, 0.5) is 4.39 Å². The van der Waals surface area contributed by atoms with Crippen LogP contribution in [0.1, 0.15) is 19.4 Å². The van der Waals surface area contributed by atoms with E-state index in [1.807, 2.05) is 13.8 Å². The number of aliphatic hydroxyl groups is 1. The fraction of sp³-hybridized carbons (Fsp3) is 0.538. The minimum atomic E-state index is -0.556. The quantitative estimate of drug-likeness (QED) is 0.811. The number of halogens is 2. The number of rotatable bonds is 7. The Morgan fingerprint density at radius 3 is 2.83 bits per heavy atom. The molecule has 1 rings (SSSR count). The van der Waals surface area contributed by atoms with Gasteiger partial charge in [0.2, 0.25) is 0 Å². The summed E-state index contributed by atoms with van der Waals surface area (Å²) in [5.74, 6) is -0.265. The first-order chi connectivity index (χ1) is 8.49. The van der Waals surface area contributed by atoms with Gasteiger partial charge >= 0.3 is 0 Å². The van der Waals surface area contributed by atoms with Crippen LogP contribution in [0.2, 0.25) is 0 Å². The average Bonchev–Trinajstić information content (AvgIpc) is 2.31. The van der Waals surface area contributed by atoms with Gasteiger partial charge in [-0.2, -0.15) is 0 Å². The summed E-state index contributed by atoms with van der Waals surface area (Å²) in [7, 11) is 0. The van der Waals surface area contributed by atoms with Crippen LogP contribution in [-0.2, 0) is 11.3 Å². The van der Waals surface area contributed by atoms with E-state index in [9.17, 15) is 9.50 Å². The summed E-state index contributed by atoms with van der Waals surface area (Å²) in [4.78, 5) is 0. The summed E-state index contributed by atoms with van der Waals surface area (Å²) < 4.78 is 19.2. The second-order valence-electron chi connectivity index (χ2n) is 4.40. The third-order valence-electron chi connectivity index (χ3n) is 2.33. The Kier molecular flexibility index (Phi) is 6.78. The van der Waals surface area contributed by atoms with Crippen LogP contribution in [0.15, 0.2) is 22.7 Å².